The molecule has 0 aromatic heterocycles. The molecule has 0 spiro atoms. The molecule has 0 aliphatic carbocycles. The van der Waals surface area contributed by atoms with Crippen molar-refractivity contribution in [3.05, 3.63) is 65.7 Å². The van der Waals surface area contributed by atoms with E-state index >= 15 is 0 Å². The molecule has 148 valence electrons. The number of guanidine groups is 1. The molecule has 0 saturated heterocycles. The zero-order valence-corrected chi connectivity index (χ0v) is 18.9. The summed E-state index contributed by atoms with van der Waals surface area (Å²) in [6.45, 7) is 3.48. The van der Waals surface area contributed by atoms with E-state index in [1.807, 2.05) is 18.2 Å². The molecule has 1 unspecified atom stereocenters. The molecule has 3 N–H and O–H groups in total. The van der Waals surface area contributed by atoms with Crippen LogP contribution in [0, 0.1) is 0 Å². The van der Waals surface area contributed by atoms with Gasteiger partial charge in [0.05, 0.1) is 4.90 Å². The van der Waals surface area contributed by atoms with Gasteiger partial charge in [-0.1, -0.05) is 49.4 Å². The molecule has 0 bridgehead atoms. The Bertz CT molecular complexity index is 825. The van der Waals surface area contributed by atoms with Crippen LogP contribution in [0.4, 0.5) is 0 Å². The van der Waals surface area contributed by atoms with E-state index in [1.54, 1.807) is 31.3 Å². The van der Waals surface area contributed by atoms with E-state index < -0.39 is 10.0 Å². The summed E-state index contributed by atoms with van der Waals surface area (Å²) < 4.78 is 25.8. The zero-order chi connectivity index (χ0) is 19.0. The molecule has 0 fully saturated rings. The van der Waals surface area contributed by atoms with Crippen molar-refractivity contribution in [1.82, 2.24) is 15.4 Å². The Labute approximate surface area is 178 Å². The van der Waals surface area contributed by atoms with Crippen LogP contribution in [0.5, 0.6) is 0 Å². The molecule has 0 radical (unpaired) electrons. The highest BCUT2D eigenvalue weighted by molar-refractivity contribution is 14.0. The molecule has 0 aliphatic heterocycles. The third-order valence-corrected chi connectivity index (χ3v) is 5.56. The Hall–Kier alpha value is -1.65. The van der Waals surface area contributed by atoms with Gasteiger partial charge < -0.3 is 10.6 Å². The smallest absolute Gasteiger partial charge is 0.240 e. The number of aliphatic imine (C=N–C) groups is 1. The number of nitrogens with zero attached hydrogens (tertiary/aromatic N) is 1. The van der Waals surface area contributed by atoms with Crippen molar-refractivity contribution in [2.75, 3.05) is 20.6 Å². The molecule has 0 heterocycles. The predicted octanol–water partition coefficient (Wildman–Crippen LogP) is 2.68. The molecule has 0 amide bonds. The lowest BCUT2D eigenvalue weighted by molar-refractivity contribution is 0.588. The van der Waals surface area contributed by atoms with Crippen LogP contribution < -0.4 is 15.4 Å². The van der Waals surface area contributed by atoms with E-state index in [0.717, 1.165) is 12.1 Å². The molecule has 0 aliphatic rings. The van der Waals surface area contributed by atoms with Crippen LogP contribution in [0.1, 0.15) is 24.0 Å². The standard InChI is InChI=1S/C19H26N4O2S.HI/c1-15(17-7-5-4-6-8-17)13-22-19(20-2)23-14-16-9-11-18(12-10-16)26(24,25)21-3;/h4-12,15,21H,13-14H2,1-3H3,(H2,20,22,23);1H. The van der Waals surface area contributed by atoms with Gasteiger partial charge in [-0.05, 0) is 36.2 Å². The van der Waals surface area contributed by atoms with Gasteiger partial charge in [-0.3, -0.25) is 4.99 Å². The molecular formula is C19H27IN4O2S. The Balaban J connectivity index is 0.00000364. The number of hydrogen-bond donors (Lipinski definition) is 3. The highest BCUT2D eigenvalue weighted by Gasteiger charge is 2.10. The SMILES string of the molecule is CN=C(NCc1ccc(S(=O)(=O)NC)cc1)NCC(C)c1ccccc1.I. The minimum Gasteiger partial charge on any atom is -0.356 e. The number of sulfonamides is 1. The van der Waals surface area contributed by atoms with Crippen molar-refractivity contribution in [2.24, 2.45) is 4.99 Å². The van der Waals surface area contributed by atoms with Crippen molar-refractivity contribution in [3.63, 3.8) is 0 Å². The Morgan fingerprint density at radius 1 is 1.04 bits per heavy atom. The summed E-state index contributed by atoms with van der Waals surface area (Å²) in [6.07, 6.45) is 0. The number of nitrogens with one attached hydrogen (secondary N) is 3. The summed E-state index contributed by atoms with van der Waals surface area (Å²) in [4.78, 5) is 4.48. The Kier molecular flexibility index (Phi) is 9.75. The van der Waals surface area contributed by atoms with E-state index in [-0.39, 0.29) is 28.9 Å². The summed E-state index contributed by atoms with van der Waals surface area (Å²) in [6, 6.07) is 17.1. The summed E-state index contributed by atoms with van der Waals surface area (Å²) >= 11 is 0. The highest BCUT2D eigenvalue weighted by atomic mass is 127. The van der Waals surface area contributed by atoms with Gasteiger partial charge in [-0.25, -0.2) is 13.1 Å². The van der Waals surface area contributed by atoms with Gasteiger partial charge in [0, 0.05) is 20.1 Å². The van der Waals surface area contributed by atoms with E-state index in [1.165, 1.54) is 12.6 Å². The van der Waals surface area contributed by atoms with Crippen molar-refractivity contribution in [3.8, 4) is 0 Å². The lowest BCUT2D eigenvalue weighted by atomic mass is 10.0. The predicted molar refractivity (Wildman–Crippen MR) is 121 cm³/mol. The maximum absolute atomic E-state index is 11.7. The van der Waals surface area contributed by atoms with Gasteiger partial charge in [0.15, 0.2) is 5.96 Å². The van der Waals surface area contributed by atoms with Gasteiger partial charge in [-0.2, -0.15) is 0 Å². The molecular weight excluding hydrogens is 475 g/mol. The molecule has 27 heavy (non-hydrogen) atoms. The molecule has 2 aromatic rings. The second-order valence-corrected chi connectivity index (χ2v) is 7.86. The van der Waals surface area contributed by atoms with Crippen LogP contribution in [0.25, 0.3) is 0 Å². The Morgan fingerprint density at radius 2 is 1.67 bits per heavy atom. The maximum Gasteiger partial charge on any atom is 0.240 e. The summed E-state index contributed by atoms with van der Waals surface area (Å²) in [5, 5.41) is 6.55. The highest BCUT2D eigenvalue weighted by Crippen LogP contribution is 2.13. The van der Waals surface area contributed by atoms with Crippen LogP contribution in [0.15, 0.2) is 64.5 Å². The number of benzene rings is 2. The summed E-state index contributed by atoms with van der Waals surface area (Å²) in [5.41, 5.74) is 2.25. The van der Waals surface area contributed by atoms with Gasteiger partial charge in [0.1, 0.15) is 0 Å². The van der Waals surface area contributed by atoms with Crippen LogP contribution in [0.2, 0.25) is 0 Å². The van der Waals surface area contributed by atoms with Gasteiger partial charge in [0.25, 0.3) is 0 Å². The van der Waals surface area contributed by atoms with Crippen molar-refractivity contribution in [2.45, 2.75) is 24.3 Å². The first kappa shape index (κ1) is 23.4. The lowest BCUT2D eigenvalue weighted by Gasteiger charge is -2.16. The van der Waals surface area contributed by atoms with Crippen LogP contribution in [0.3, 0.4) is 0 Å². The molecule has 6 nitrogen and oxygen atoms in total. The van der Waals surface area contributed by atoms with Gasteiger partial charge in [-0.15, -0.1) is 24.0 Å². The second-order valence-electron chi connectivity index (χ2n) is 5.97. The largest absolute Gasteiger partial charge is 0.356 e. The minimum absolute atomic E-state index is 0. The topological polar surface area (TPSA) is 82.6 Å². The van der Waals surface area contributed by atoms with E-state index in [9.17, 15) is 8.42 Å². The van der Waals surface area contributed by atoms with Gasteiger partial charge >= 0.3 is 0 Å². The van der Waals surface area contributed by atoms with Crippen LogP contribution in [-0.2, 0) is 16.6 Å². The second kappa shape index (κ2) is 11.3. The van der Waals surface area contributed by atoms with E-state index in [0.29, 0.717) is 18.4 Å². The fourth-order valence-corrected chi connectivity index (χ4v) is 3.19. The van der Waals surface area contributed by atoms with Crippen molar-refractivity contribution in [1.29, 1.82) is 0 Å². The quantitative estimate of drug-likeness (QED) is 0.309. The third kappa shape index (κ3) is 7.11. The first-order valence-corrected chi connectivity index (χ1v) is 9.96. The molecule has 2 aromatic carbocycles. The average Bonchev–Trinajstić information content (AvgIpc) is 2.69. The average molecular weight is 502 g/mol. The summed E-state index contributed by atoms with van der Waals surface area (Å²) in [7, 11) is -0.275. The van der Waals surface area contributed by atoms with E-state index in [4.69, 9.17) is 0 Å². The molecule has 0 saturated carbocycles. The van der Waals surface area contributed by atoms with Crippen LogP contribution in [-0.4, -0.2) is 35.0 Å². The third-order valence-electron chi connectivity index (χ3n) is 4.13. The first-order chi connectivity index (χ1) is 12.5. The first-order valence-electron chi connectivity index (χ1n) is 8.48. The van der Waals surface area contributed by atoms with Crippen molar-refractivity contribution >= 4 is 40.0 Å². The number of hydrogen-bond acceptors (Lipinski definition) is 3. The Morgan fingerprint density at radius 3 is 2.22 bits per heavy atom. The van der Waals surface area contributed by atoms with E-state index in [2.05, 4.69) is 39.4 Å². The normalized spacial score (nSPS) is 12.8. The summed E-state index contributed by atoms with van der Waals surface area (Å²) in [5.74, 6) is 1.07. The molecule has 1 atom stereocenters. The fraction of sp³-hybridized carbons (Fsp3) is 0.316. The number of rotatable bonds is 7. The lowest BCUT2D eigenvalue weighted by Crippen LogP contribution is -2.38. The zero-order valence-electron chi connectivity index (χ0n) is 15.8. The van der Waals surface area contributed by atoms with Crippen molar-refractivity contribution < 1.29 is 8.42 Å². The van der Waals surface area contributed by atoms with Crippen LogP contribution >= 0.6 is 24.0 Å². The molecule has 8 heteroatoms. The fourth-order valence-electron chi connectivity index (χ4n) is 2.46. The monoisotopic (exact) mass is 502 g/mol. The molecule has 2 rings (SSSR count). The minimum atomic E-state index is -3.40. The van der Waals surface area contributed by atoms with Gasteiger partial charge in [0.2, 0.25) is 10.0 Å². The maximum atomic E-state index is 11.7. The number of halogens is 1.